The molecule has 4 nitrogen and oxygen atoms in total. The van der Waals surface area contributed by atoms with Crippen LogP contribution in [-0.4, -0.2) is 28.8 Å². The maximum absolute atomic E-state index is 11.7. The average Bonchev–Trinajstić information content (AvgIpc) is 2.40. The fourth-order valence-electron chi connectivity index (χ4n) is 1.82. The lowest BCUT2D eigenvalue weighted by atomic mass is 10.1. The molecule has 116 valence electrons. The van der Waals surface area contributed by atoms with Crippen LogP contribution in [0.25, 0.3) is 0 Å². The Bertz CT molecular complexity index is 502. The molecule has 0 aliphatic carbocycles. The molecule has 0 aliphatic rings. The Balaban J connectivity index is 2.26. The number of aliphatic carboxylic acids is 1. The third-order valence-electron chi connectivity index (χ3n) is 3.27. The van der Waals surface area contributed by atoms with Crippen molar-refractivity contribution >= 4 is 23.6 Å². The minimum Gasteiger partial charge on any atom is -0.481 e. The van der Waals surface area contributed by atoms with Gasteiger partial charge in [0.1, 0.15) is 0 Å². The van der Waals surface area contributed by atoms with Crippen LogP contribution >= 0.6 is 11.8 Å². The molecule has 0 radical (unpaired) electrons. The fraction of sp³-hybridized carbons (Fsp3) is 0.500. The van der Waals surface area contributed by atoms with Crippen LogP contribution in [-0.2, 0) is 9.59 Å². The van der Waals surface area contributed by atoms with Gasteiger partial charge in [-0.1, -0.05) is 6.07 Å². The summed E-state index contributed by atoms with van der Waals surface area (Å²) in [6.07, 6.45) is 0.985. The highest BCUT2D eigenvalue weighted by Crippen LogP contribution is 2.21. The highest BCUT2D eigenvalue weighted by Gasteiger charge is 2.09. The predicted molar refractivity (Wildman–Crippen MR) is 85.7 cm³/mol. The molecular weight excluding hydrogens is 286 g/mol. The zero-order chi connectivity index (χ0) is 15.8. The number of nitrogens with one attached hydrogen (secondary N) is 1. The van der Waals surface area contributed by atoms with Crippen LogP contribution in [0.3, 0.4) is 0 Å². The van der Waals surface area contributed by atoms with E-state index in [4.69, 9.17) is 5.11 Å². The van der Waals surface area contributed by atoms with E-state index in [2.05, 4.69) is 37.4 Å². The molecule has 0 aliphatic heterocycles. The topological polar surface area (TPSA) is 66.4 Å². The summed E-state index contributed by atoms with van der Waals surface area (Å²) in [6, 6.07) is 6.19. The van der Waals surface area contributed by atoms with Crippen molar-refractivity contribution < 1.29 is 14.7 Å². The number of hydrogen-bond donors (Lipinski definition) is 2. The monoisotopic (exact) mass is 309 g/mol. The van der Waals surface area contributed by atoms with Crippen molar-refractivity contribution in [3.05, 3.63) is 29.3 Å². The van der Waals surface area contributed by atoms with Crippen LogP contribution in [0.2, 0.25) is 0 Å². The van der Waals surface area contributed by atoms with Crippen LogP contribution in [0, 0.1) is 13.8 Å². The molecule has 0 saturated heterocycles. The third kappa shape index (κ3) is 7.18. The van der Waals surface area contributed by atoms with E-state index in [1.54, 1.807) is 11.8 Å². The van der Waals surface area contributed by atoms with E-state index in [-0.39, 0.29) is 18.4 Å². The molecule has 1 amide bonds. The van der Waals surface area contributed by atoms with Crippen LogP contribution in [0.4, 0.5) is 0 Å². The van der Waals surface area contributed by atoms with Gasteiger partial charge in [-0.2, -0.15) is 0 Å². The summed E-state index contributed by atoms with van der Waals surface area (Å²) < 4.78 is 0. The maximum Gasteiger partial charge on any atom is 0.303 e. The van der Waals surface area contributed by atoms with Crippen molar-refractivity contribution in [3.8, 4) is 0 Å². The molecule has 0 heterocycles. The van der Waals surface area contributed by atoms with Crippen molar-refractivity contribution in [2.45, 2.75) is 51.0 Å². The first-order valence-electron chi connectivity index (χ1n) is 7.09. The van der Waals surface area contributed by atoms with E-state index in [0.717, 1.165) is 5.75 Å². The Kier molecular flexibility index (Phi) is 7.29. The van der Waals surface area contributed by atoms with Crippen molar-refractivity contribution in [2.24, 2.45) is 0 Å². The van der Waals surface area contributed by atoms with E-state index in [9.17, 15) is 9.59 Å². The molecular formula is C16H23NO3S. The quantitative estimate of drug-likeness (QED) is 0.724. The fourth-order valence-corrected chi connectivity index (χ4v) is 2.77. The second kappa shape index (κ2) is 8.72. The van der Waals surface area contributed by atoms with Crippen molar-refractivity contribution in [2.75, 3.05) is 5.75 Å². The molecule has 1 rings (SSSR count). The smallest absolute Gasteiger partial charge is 0.303 e. The number of hydrogen-bond acceptors (Lipinski definition) is 3. The highest BCUT2D eigenvalue weighted by molar-refractivity contribution is 7.99. The molecule has 1 aromatic carbocycles. The summed E-state index contributed by atoms with van der Waals surface area (Å²) in [4.78, 5) is 23.4. The highest BCUT2D eigenvalue weighted by atomic mass is 32.2. The Hall–Kier alpha value is -1.49. The van der Waals surface area contributed by atoms with Gasteiger partial charge in [0.15, 0.2) is 0 Å². The zero-order valence-electron chi connectivity index (χ0n) is 12.8. The summed E-state index contributed by atoms with van der Waals surface area (Å²) in [5.41, 5.74) is 2.52. The van der Waals surface area contributed by atoms with Gasteiger partial charge in [0.05, 0.1) is 0 Å². The zero-order valence-corrected chi connectivity index (χ0v) is 13.6. The van der Waals surface area contributed by atoms with Gasteiger partial charge < -0.3 is 10.4 Å². The van der Waals surface area contributed by atoms with E-state index < -0.39 is 5.97 Å². The number of thioether (sulfide) groups is 1. The molecule has 0 spiro atoms. The van der Waals surface area contributed by atoms with E-state index >= 15 is 0 Å². The second-order valence-corrected chi connectivity index (χ2v) is 6.41. The van der Waals surface area contributed by atoms with Gasteiger partial charge in [-0.15, -0.1) is 11.8 Å². The number of carbonyl (C=O) groups is 2. The summed E-state index contributed by atoms with van der Waals surface area (Å²) in [6.45, 7) is 5.99. The number of rotatable bonds is 8. The van der Waals surface area contributed by atoms with Gasteiger partial charge in [0, 0.05) is 29.5 Å². The Morgan fingerprint density at radius 2 is 1.95 bits per heavy atom. The summed E-state index contributed by atoms with van der Waals surface area (Å²) in [7, 11) is 0. The summed E-state index contributed by atoms with van der Waals surface area (Å²) >= 11 is 1.66. The van der Waals surface area contributed by atoms with E-state index in [1.807, 2.05) is 6.92 Å². The molecule has 0 bridgehead atoms. The first-order valence-corrected chi connectivity index (χ1v) is 8.08. The first kappa shape index (κ1) is 17.6. The van der Waals surface area contributed by atoms with Gasteiger partial charge in [-0.25, -0.2) is 0 Å². The number of benzene rings is 1. The summed E-state index contributed by atoms with van der Waals surface area (Å²) in [5, 5.41) is 11.4. The standard InChI is InChI=1S/C16H23NO3S/c1-11-4-6-14(10-12(11)2)21-9-8-15(18)17-13(3)5-7-16(19)20/h4,6,10,13H,5,7-9H2,1-3H3,(H,17,18)(H,19,20). The number of carbonyl (C=O) groups excluding carboxylic acids is 1. The van der Waals surface area contributed by atoms with Crippen LogP contribution < -0.4 is 5.32 Å². The molecule has 1 unspecified atom stereocenters. The minimum atomic E-state index is -0.832. The molecule has 5 heteroatoms. The molecule has 1 atom stereocenters. The molecule has 1 aromatic rings. The van der Waals surface area contributed by atoms with Gasteiger partial charge in [-0.05, 0) is 50.5 Å². The molecule has 0 saturated carbocycles. The van der Waals surface area contributed by atoms with E-state index in [0.29, 0.717) is 12.8 Å². The van der Waals surface area contributed by atoms with Crippen LogP contribution in [0.1, 0.15) is 37.3 Å². The number of carboxylic acid groups (broad SMARTS) is 1. The van der Waals surface area contributed by atoms with Crippen LogP contribution in [0.15, 0.2) is 23.1 Å². The predicted octanol–water partition coefficient (Wildman–Crippen LogP) is 3.16. The molecule has 2 N–H and O–H groups in total. The van der Waals surface area contributed by atoms with Crippen LogP contribution in [0.5, 0.6) is 0 Å². The Labute approximate surface area is 130 Å². The van der Waals surface area contributed by atoms with Gasteiger partial charge in [0.2, 0.25) is 5.91 Å². The average molecular weight is 309 g/mol. The van der Waals surface area contributed by atoms with E-state index in [1.165, 1.54) is 16.0 Å². The van der Waals surface area contributed by atoms with Crippen molar-refractivity contribution in [1.82, 2.24) is 5.32 Å². The lowest BCUT2D eigenvalue weighted by molar-refractivity contribution is -0.137. The number of aryl methyl sites for hydroxylation is 2. The molecule has 21 heavy (non-hydrogen) atoms. The lowest BCUT2D eigenvalue weighted by Crippen LogP contribution is -2.33. The Morgan fingerprint density at radius 1 is 1.24 bits per heavy atom. The first-order chi connectivity index (χ1) is 9.88. The van der Waals surface area contributed by atoms with Gasteiger partial charge in [0.25, 0.3) is 0 Å². The Morgan fingerprint density at radius 3 is 2.57 bits per heavy atom. The second-order valence-electron chi connectivity index (χ2n) is 5.25. The van der Waals surface area contributed by atoms with Gasteiger partial charge in [-0.3, -0.25) is 9.59 Å². The normalized spacial score (nSPS) is 12.0. The lowest BCUT2D eigenvalue weighted by Gasteiger charge is -2.12. The SMILES string of the molecule is Cc1ccc(SCCC(=O)NC(C)CCC(=O)O)cc1C. The minimum absolute atomic E-state index is 0.0239. The van der Waals surface area contributed by atoms with Crippen molar-refractivity contribution in [1.29, 1.82) is 0 Å². The molecule has 0 fully saturated rings. The largest absolute Gasteiger partial charge is 0.481 e. The summed E-state index contributed by atoms with van der Waals surface area (Å²) in [5.74, 6) is -0.134. The number of amides is 1. The third-order valence-corrected chi connectivity index (χ3v) is 4.27. The molecule has 0 aromatic heterocycles. The van der Waals surface area contributed by atoms with Gasteiger partial charge >= 0.3 is 5.97 Å². The van der Waals surface area contributed by atoms with Crippen molar-refractivity contribution in [3.63, 3.8) is 0 Å². The number of carboxylic acids is 1. The maximum atomic E-state index is 11.7.